The first-order chi connectivity index (χ1) is 10.2. The maximum atomic E-state index is 8.49. The van der Waals surface area contributed by atoms with Crippen molar-refractivity contribution in [3.8, 4) is 0 Å². The predicted octanol–water partition coefficient (Wildman–Crippen LogP) is -1.96. The molecule has 0 amide bonds. The van der Waals surface area contributed by atoms with Crippen molar-refractivity contribution in [1.29, 1.82) is 0 Å². The van der Waals surface area contributed by atoms with E-state index in [-0.39, 0.29) is 11.1 Å². The van der Waals surface area contributed by atoms with Crippen LogP contribution >= 0.6 is 0 Å². The van der Waals surface area contributed by atoms with Crippen molar-refractivity contribution in [2.45, 2.75) is 27.5 Å². The average molecular weight is 246 g/mol. The third-order valence-electron chi connectivity index (χ3n) is 1.23. The molecule has 6 heteroatoms. The largest absolute Gasteiger partial charge is 0.329 e. The standard InChI is InChI=1S/C9H13O.ClHO4/c1-6-5-7(2)10-9(4)8(6)3;2-1(3,4)5/h5H,1-4H3;(H,2,3,4,5)/q+1;/p-1/i1D3,2D3,4D3;. The van der Waals surface area contributed by atoms with Gasteiger partial charge in [0.25, 0.3) is 0 Å². The number of hydrogen-bond acceptors (Lipinski definition) is 4. The van der Waals surface area contributed by atoms with Gasteiger partial charge in [-0.2, -0.15) is 0 Å². The first-order valence-electron chi connectivity index (χ1n) is 7.85. The Balaban J connectivity index is 0.000000922. The van der Waals surface area contributed by atoms with Crippen molar-refractivity contribution >= 4 is 0 Å². The molecule has 1 aromatic heterocycles. The summed E-state index contributed by atoms with van der Waals surface area (Å²) in [5.74, 6) is -1.25. The van der Waals surface area contributed by atoms with Gasteiger partial charge >= 0.3 is 11.5 Å². The zero-order chi connectivity index (χ0) is 19.7. The second-order valence-corrected chi connectivity index (χ2v) is 3.11. The van der Waals surface area contributed by atoms with Gasteiger partial charge in [-0.3, -0.25) is 0 Å². The summed E-state index contributed by atoms with van der Waals surface area (Å²) in [5.41, 5.74) is -0.399. The molecule has 0 bridgehead atoms. The number of halogens is 1. The first kappa shape index (κ1) is 5.07. The zero-order valence-electron chi connectivity index (χ0n) is 16.5. The molecule has 5 nitrogen and oxygen atoms in total. The van der Waals surface area contributed by atoms with E-state index in [4.69, 9.17) is 35.4 Å². The van der Waals surface area contributed by atoms with Gasteiger partial charge in [0.05, 0.1) is 19.3 Å². The summed E-state index contributed by atoms with van der Waals surface area (Å²) in [6, 6.07) is 0.880. The molecule has 0 saturated carbocycles. The van der Waals surface area contributed by atoms with E-state index in [1.165, 1.54) is 6.92 Å². The van der Waals surface area contributed by atoms with Crippen LogP contribution in [0.5, 0.6) is 0 Å². The number of rotatable bonds is 0. The van der Waals surface area contributed by atoms with Crippen LogP contribution in [0.4, 0.5) is 0 Å². The lowest BCUT2D eigenvalue weighted by atomic mass is 10.1. The number of aryl methyl sites for hydroxylation is 3. The van der Waals surface area contributed by atoms with E-state index in [0.717, 1.165) is 6.07 Å². The fourth-order valence-corrected chi connectivity index (χ4v) is 0.578. The normalized spacial score (nSPS) is 22.1. The van der Waals surface area contributed by atoms with Crippen molar-refractivity contribution in [3.05, 3.63) is 28.7 Å². The molecule has 0 fully saturated rings. The second kappa shape index (κ2) is 5.39. The third kappa shape index (κ3) is 7.24. The molecule has 1 rings (SSSR count). The lowest BCUT2D eigenvalue weighted by Gasteiger charge is -2.17. The van der Waals surface area contributed by atoms with E-state index >= 15 is 0 Å². The maximum Gasteiger partial charge on any atom is 0.329 e. The predicted molar refractivity (Wildman–Crippen MR) is 42.1 cm³/mol. The molecule has 1 aromatic rings. The van der Waals surface area contributed by atoms with Crippen LogP contribution in [0.25, 0.3) is 0 Å². The van der Waals surface area contributed by atoms with E-state index in [0.29, 0.717) is 0 Å². The Morgan fingerprint density at radius 1 is 1.20 bits per heavy atom. The van der Waals surface area contributed by atoms with Gasteiger partial charge in [-0.1, -0.05) is 0 Å². The van der Waals surface area contributed by atoms with Crippen molar-refractivity contribution in [2.75, 3.05) is 0 Å². The number of hydrogen-bond donors (Lipinski definition) is 0. The lowest BCUT2D eigenvalue weighted by molar-refractivity contribution is -2.00. The fraction of sp³-hybridized carbons (Fsp3) is 0.444. The topological polar surface area (TPSA) is 104 Å². The van der Waals surface area contributed by atoms with Gasteiger partial charge in [0, 0.05) is 18.4 Å². The summed E-state index contributed by atoms with van der Waals surface area (Å²) in [4.78, 5) is 0. The summed E-state index contributed by atoms with van der Waals surface area (Å²) in [6.45, 7) is -6.75. The monoisotopic (exact) mass is 245 g/mol. The minimum absolute atomic E-state index is 0.0759. The van der Waals surface area contributed by atoms with Gasteiger partial charge in [0.2, 0.25) is 0 Å². The summed E-state index contributed by atoms with van der Waals surface area (Å²) >= 11 is 0. The van der Waals surface area contributed by atoms with Crippen LogP contribution in [0, 0.1) is 37.7 Å². The van der Waals surface area contributed by atoms with E-state index in [1.54, 1.807) is 0 Å². The van der Waals surface area contributed by atoms with Gasteiger partial charge in [-0.25, -0.2) is 23.1 Å². The Labute approximate surface area is 103 Å². The molecule has 15 heavy (non-hydrogen) atoms. The molecule has 1 heterocycles. The Hall–Kier alpha value is -0.720. The minimum Gasteiger partial charge on any atom is -0.222 e. The summed E-state index contributed by atoms with van der Waals surface area (Å²) in [7, 11) is -4.94. The molecular formula is C9H13ClO5. The molecule has 0 spiro atoms. The van der Waals surface area contributed by atoms with Crippen LogP contribution in [-0.2, 0) is 0 Å². The summed E-state index contributed by atoms with van der Waals surface area (Å²) < 4.78 is 104. The fourth-order valence-electron chi connectivity index (χ4n) is 0.578. The zero-order valence-corrected chi connectivity index (χ0v) is 8.25. The van der Waals surface area contributed by atoms with Crippen molar-refractivity contribution in [1.82, 2.24) is 0 Å². The van der Waals surface area contributed by atoms with Crippen LogP contribution in [0.1, 0.15) is 35.0 Å². The maximum absolute atomic E-state index is 8.49. The average Bonchev–Trinajstić information content (AvgIpc) is 2.21. The highest BCUT2D eigenvalue weighted by Crippen LogP contribution is 2.13. The van der Waals surface area contributed by atoms with Crippen molar-refractivity contribution in [3.63, 3.8) is 0 Å². The molecule has 0 aromatic carbocycles. The highest BCUT2D eigenvalue weighted by atomic mass is 35.7. The van der Waals surface area contributed by atoms with Gasteiger partial charge < -0.3 is 0 Å². The Bertz CT molecular complexity index is 532. The molecule has 86 valence electrons. The van der Waals surface area contributed by atoms with Crippen LogP contribution in [0.3, 0.4) is 0 Å². The van der Waals surface area contributed by atoms with Crippen LogP contribution < -0.4 is 18.6 Å². The first-order valence-corrected chi connectivity index (χ1v) is 4.59. The lowest BCUT2D eigenvalue weighted by Crippen LogP contribution is -2.68. The summed E-state index contributed by atoms with van der Waals surface area (Å²) in [5, 5.41) is 0. The summed E-state index contributed by atoms with van der Waals surface area (Å²) in [6.07, 6.45) is 0. The third-order valence-corrected chi connectivity index (χ3v) is 1.23. The second-order valence-electron chi connectivity index (χ2n) is 2.36. The van der Waals surface area contributed by atoms with Crippen molar-refractivity contribution < 1.29 is 45.6 Å². The van der Waals surface area contributed by atoms with Gasteiger partial charge in [-0.05, 0) is 19.3 Å². The Kier molecular flexibility index (Phi) is 1.82. The molecular weight excluding hydrogens is 224 g/mol. The SMILES string of the molecule is [2H]C([2H])([2H])c1cc(C([2H])([2H])[2H])c(C)c(C([2H])([2H])[2H])[o+]1.[O-][Cl+3]([O-])([O-])[O-]. The smallest absolute Gasteiger partial charge is 0.222 e. The molecule has 0 N–H and O–H groups in total. The highest BCUT2D eigenvalue weighted by molar-refractivity contribution is 5.26. The van der Waals surface area contributed by atoms with E-state index in [9.17, 15) is 0 Å². The molecule has 0 aliphatic rings. The molecule has 0 radical (unpaired) electrons. The van der Waals surface area contributed by atoms with E-state index in [2.05, 4.69) is 0 Å². The van der Waals surface area contributed by atoms with Gasteiger partial charge in [0.1, 0.15) is 0 Å². The van der Waals surface area contributed by atoms with E-state index < -0.39 is 42.3 Å². The van der Waals surface area contributed by atoms with Gasteiger partial charge in [-0.15, -0.1) is 10.2 Å². The minimum atomic E-state index is -4.94. The highest BCUT2D eigenvalue weighted by Gasteiger charge is 2.10. The van der Waals surface area contributed by atoms with Crippen molar-refractivity contribution in [2.24, 2.45) is 0 Å². The van der Waals surface area contributed by atoms with Crippen LogP contribution in [0.2, 0.25) is 0 Å². The molecule has 0 aliphatic carbocycles. The van der Waals surface area contributed by atoms with Crippen LogP contribution in [-0.4, -0.2) is 0 Å². The Morgan fingerprint density at radius 3 is 2.20 bits per heavy atom. The molecule has 0 atom stereocenters. The molecule has 0 aliphatic heterocycles. The van der Waals surface area contributed by atoms with Gasteiger partial charge in [0.15, 0.2) is 0 Å². The quantitative estimate of drug-likeness (QED) is 0.494. The van der Waals surface area contributed by atoms with Crippen LogP contribution in [0.15, 0.2) is 10.5 Å². The molecule has 0 saturated heterocycles. The van der Waals surface area contributed by atoms with E-state index in [1.807, 2.05) is 0 Å². The molecule has 0 unspecified atom stereocenters. The Morgan fingerprint density at radius 2 is 1.80 bits per heavy atom.